The topological polar surface area (TPSA) is 18.5 Å². The lowest BCUT2D eigenvalue weighted by atomic mass is 10.1. The van der Waals surface area contributed by atoms with Gasteiger partial charge in [0.25, 0.3) is 0 Å². The Labute approximate surface area is 137 Å². The Morgan fingerprint density at radius 3 is 2.86 bits per heavy atom. The molecule has 0 bridgehead atoms. The van der Waals surface area contributed by atoms with Gasteiger partial charge in [-0.15, -0.1) is 0 Å². The van der Waals surface area contributed by atoms with E-state index in [-0.39, 0.29) is 0 Å². The van der Waals surface area contributed by atoms with E-state index >= 15 is 0 Å². The second kappa shape index (κ2) is 8.16. The molecule has 1 N–H and O–H groups in total. The third kappa shape index (κ3) is 4.70. The van der Waals surface area contributed by atoms with Gasteiger partial charge in [-0.2, -0.15) is 0 Å². The van der Waals surface area contributed by atoms with Crippen molar-refractivity contribution in [2.45, 2.75) is 38.8 Å². The van der Waals surface area contributed by atoms with Crippen molar-refractivity contribution in [3.05, 3.63) is 28.2 Å². The molecule has 3 nitrogen and oxygen atoms in total. The van der Waals surface area contributed by atoms with Crippen molar-refractivity contribution in [2.75, 3.05) is 38.6 Å². The van der Waals surface area contributed by atoms with Crippen molar-refractivity contribution in [1.29, 1.82) is 0 Å². The monoisotopic (exact) mass is 353 g/mol. The van der Waals surface area contributed by atoms with Gasteiger partial charge in [-0.3, -0.25) is 0 Å². The Morgan fingerprint density at radius 2 is 2.24 bits per heavy atom. The normalized spacial score (nSPS) is 19.1. The maximum atomic E-state index is 3.74. The minimum atomic E-state index is 0.688. The minimum absolute atomic E-state index is 0.688. The van der Waals surface area contributed by atoms with E-state index in [0.29, 0.717) is 6.04 Å². The highest BCUT2D eigenvalue weighted by Crippen LogP contribution is 2.28. The zero-order valence-electron chi connectivity index (χ0n) is 13.5. The maximum Gasteiger partial charge on any atom is 0.0508 e. The van der Waals surface area contributed by atoms with Crippen LogP contribution in [0.15, 0.2) is 22.7 Å². The molecule has 1 aliphatic rings. The molecule has 2 rings (SSSR count). The fourth-order valence-electron chi connectivity index (χ4n) is 3.00. The molecular weight excluding hydrogens is 326 g/mol. The first-order valence-corrected chi connectivity index (χ1v) is 8.81. The number of nitrogens with zero attached hydrogens (tertiary/aromatic N) is 2. The number of halogens is 1. The summed E-state index contributed by atoms with van der Waals surface area (Å²) in [6, 6.07) is 7.40. The number of nitrogens with one attached hydrogen (secondary N) is 1. The van der Waals surface area contributed by atoms with Crippen LogP contribution in [-0.2, 0) is 6.54 Å². The molecule has 1 fully saturated rings. The highest BCUT2D eigenvalue weighted by Gasteiger charge is 2.22. The predicted molar refractivity (Wildman–Crippen MR) is 95.1 cm³/mol. The van der Waals surface area contributed by atoms with Gasteiger partial charge in [0.15, 0.2) is 0 Å². The zero-order valence-corrected chi connectivity index (χ0v) is 15.1. The van der Waals surface area contributed by atoms with E-state index in [1.54, 1.807) is 0 Å². The van der Waals surface area contributed by atoms with Crippen LogP contribution in [0.2, 0.25) is 0 Å². The summed E-state index contributed by atoms with van der Waals surface area (Å²) in [4.78, 5) is 4.85. The Balaban J connectivity index is 1.95. The number of likely N-dealkylation sites (tertiary alicyclic amines) is 1. The molecule has 1 aliphatic heterocycles. The highest BCUT2D eigenvalue weighted by atomic mass is 79.9. The second-order valence-corrected chi connectivity index (χ2v) is 6.97. The summed E-state index contributed by atoms with van der Waals surface area (Å²) >= 11 is 3.74. The molecule has 1 aromatic carbocycles. The summed E-state index contributed by atoms with van der Waals surface area (Å²) < 4.78 is 1.20. The van der Waals surface area contributed by atoms with Crippen LogP contribution in [0.25, 0.3) is 0 Å². The van der Waals surface area contributed by atoms with Gasteiger partial charge in [0.1, 0.15) is 0 Å². The molecule has 0 radical (unpaired) electrons. The molecule has 1 saturated heterocycles. The molecule has 0 saturated carbocycles. The van der Waals surface area contributed by atoms with Gasteiger partial charge in [-0.25, -0.2) is 0 Å². The molecule has 118 valence electrons. The first kappa shape index (κ1) is 16.8. The van der Waals surface area contributed by atoms with Crippen LogP contribution in [0.3, 0.4) is 0 Å². The third-order valence-electron chi connectivity index (χ3n) is 4.34. The van der Waals surface area contributed by atoms with Crippen LogP contribution in [0, 0.1) is 0 Å². The van der Waals surface area contributed by atoms with Gasteiger partial charge in [-0.1, -0.05) is 13.0 Å². The summed E-state index contributed by atoms with van der Waals surface area (Å²) in [5, 5.41) is 3.45. The molecular formula is C17H28BrN3. The predicted octanol–water partition coefficient (Wildman–Crippen LogP) is 3.48. The number of likely N-dealkylation sites (N-methyl/N-ethyl adjacent to an activating group) is 2. The lowest BCUT2D eigenvalue weighted by Gasteiger charge is -2.28. The maximum absolute atomic E-state index is 3.74. The molecule has 1 atom stereocenters. The van der Waals surface area contributed by atoms with E-state index < -0.39 is 0 Å². The SMILES string of the molecule is CCCNCc1ccc(N(C)CC2CCCN2C)c(Br)c1. The van der Waals surface area contributed by atoms with Crippen molar-refractivity contribution in [2.24, 2.45) is 0 Å². The Hall–Kier alpha value is -0.580. The van der Waals surface area contributed by atoms with Gasteiger partial charge < -0.3 is 15.1 Å². The number of rotatable bonds is 7. The van der Waals surface area contributed by atoms with Gasteiger partial charge in [0.05, 0.1) is 5.69 Å². The van der Waals surface area contributed by atoms with Crippen molar-refractivity contribution in [3.63, 3.8) is 0 Å². The number of hydrogen-bond acceptors (Lipinski definition) is 3. The second-order valence-electron chi connectivity index (χ2n) is 6.12. The number of hydrogen-bond donors (Lipinski definition) is 1. The molecule has 1 aromatic rings. The van der Waals surface area contributed by atoms with E-state index in [2.05, 4.69) is 70.3 Å². The van der Waals surface area contributed by atoms with E-state index in [1.165, 1.54) is 41.5 Å². The average molecular weight is 354 g/mol. The van der Waals surface area contributed by atoms with Crippen molar-refractivity contribution < 1.29 is 0 Å². The lowest BCUT2D eigenvalue weighted by Crippen LogP contribution is -2.36. The summed E-state index contributed by atoms with van der Waals surface area (Å²) in [7, 11) is 4.43. The Kier molecular flexibility index (Phi) is 6.52. The minimum Gasteiger partial charge on any atom is -0.372 e. The van der Waals surface area contributed by atoms with Crippen molar-refractivity contribution in [3.8, 4) is 0 Å². The zero-order chi connectivity index (χ0) is 15.2. The van der Waals surface area contributed by atoms with Gasteiger partial charge >= 0.3 is 0 Å². The highest BCUT2D eigenvalue weighted by molar-refractivity contribution is 9.10. The van der Waals surface area contributed by atoms with Crippen LogP contribution in [0.4, 0.5) is 5.69 Å². The third-order valence-corrected chi connectivity index (χ3v) is 4.97. The van der Waals surface area contributed by atoms with Gasteiger partial charge in [0.2, 0.25) is 0 Å². The first-order valence-electron chi connectivity index (χ1n) is 8.02. The van der Waals surface area contributed by atoms with Gasteiger partial charge in [0, 0.05) is 30.7 Å². The Morgan fingerprint density at radius 1 is 1.43 bits per heavy atom. The molecule has 0 aliphatic carbocycles. The van der Waals surface area contributed by atoms with Crippen molar-refractivity contribution >= 4 is 21.6 Å². The molecule has 0 spiro atoms. The summed E-state index contributed by atoms with van der Waals surface area (Å²) in [5.74, 6) is 0. The molecule has 21 heavy (non-hydrogen) atoms. The summed E-state index contributed by atoms with van der Waals surface area (Å²) in [5.41, 5.74) is 2.63. The van der Waals surface area contributed by atoms with E-state index in [1.807, 2.05) is 0 Å². The van der Waals surface area contributed by atoms with E-state index in [9.17, 15) is 0 Å². The smallest absolute Gasteiger partial charge is 0.0508 e. The largest absolute Gasteiger partial charge is 0.372 e. The van der Waals surface area contributed by atoms with Crippen LogP contribution < -0.4 is 10.2 Å². The summed E-state index contributed by atoms with van der Waals surface area (Å²) in [6.07, 6.45) is 3.83. The van der Waals surface area contributed by atoms with Crippen LogP contribution in [0.1, 0.15) is 31.7 Å². The lowest BCUT2D eigenvalue weighted by molar-refractivity contribution is 0.314. The molecule has 0 aromatic heterocycles. The molecule has 0 amide bonds. The number of anilines is 1. The summed E-state index contributed by atoms with van der Waals surface area (Å²) in [6.45, 7) is 6.56. The average Bonchev–Trinajstić information content (AvgIpc) is 2.84. The van der Waals surface area contributed by atoms with E-state index in [0.717, 1.165) is 19.6 Å². The quantitative estimate of drug-likeness (QED) is 0.757. The number of benzene rings is 1. The fourth-order valence-corrected chi connectivity index (χ4v) is 3.73. The van der Waals surface area contributed by atoms with Crippen LogP contribution >= 0.6 is 15.9 Å². The fraction of sp³-hybridized carbons (Fsp3) is 0.647. The van der Waals surface area contributed by atoms with Crippen LogP contribution in [-0.4, -0.2) is 44.7 Å². The van der Waals surface area contributed by atoms with Crippen LogP contribution in [0.5, 0.6) is 0 Å². The molecule has 1 heterocycles. The molecule has 4 heteroatoms. The van der Waals surface area contributed by atoms with Gasteiger partial charge in [-0.05, 0) is 73.0 Å². The first-order chi connectivity index (χ1) is 10.1. The Bertz CT molecular complexity index is 450. The standard InChI is InChI=1S/C17H28BrN3/c1-4-9-19-12-14-7-8-17(16(18)11-14)21(3)13-15-6-5-10-20(15)2/h7-8,11,15,19H,4-6,9-10,12-13H2,1-3H3. The van der Waals surface area contributed by atoms with Crippen molar-refractivity contribution in [1.82, 2.24) is 10.2 Å². The molecule has 1 unspecified atom stereocenters. The van der Waals surface area contributed by atoms with E-state index in [4.69, 9.17) is 0 Å².